The van der Waals surface area contributed by atoms with Crippen LogP contribution in [0.15, 0.2) is 26.7 Å². The topological polar surface area (TPSA) is 49.6 Å². The van der Waals surface area contributed by atoms with E-state index in [1.165, 1.54) is 0 Å². The van der Waals surface area contributed by atoms with Crippen LogP contribution >= 0.6 is 27.7 Å². The van der Waals surface area contributed by atoms with E-state index in [9.17, 15) is 4.39 Å². The Balaban J connectivity index is 2.41. The molecule has 0 aliphatic rings. The van der Waals surface area contributed by atoms with Gasteiger partial charge >= 0.3 is 0 Å². The van der Waals surface area contributed by atoms with Gasteiger partial charge in [0, 0.05) is 11.4 Å². The minimum atomic E-state index is -0.464. The Labute approximate surface area is 129 Å². The summed E-state index contributed by atoms with van der Waals surface area (Å²) in [5.74, 6) is -0.464. The fourth-order valence-corrected chi connectivity index (χ4v) is 3.04. The predicted octanol–water partition coefficient (Wildman–Crippen LogP) is 4.33. The molecule has 0 aliphatic heterocycles. The number of nitriles is 1. The summed E-state index contributed by atoms with van der Waals surface area (Å²) in [6.07, 6.45) is 0. The molecule has 20 heavy (non-hydrogen) atoms. The fraction of sp³-hybridized carbons (Fsp3) is 0.214. The van der Waals surface area contributed by atoms with Crippen molar-refractivity contribution in [1.29, 1.82) is 5.26 Å². The molecular weight excluding hydrogens is 341 g/mol. The molecule has 6 heteroatoms. The van der Waals surface area contributed by atoms with Crippen LogP contribution in [0.4, 0.5) is 4.39 Å². The highest BCUT2D eigenvalue weighted by Gasteiger charge is 2.14. The first-order valence-corrected chi connectivity index (χ1v) is 7.42. The van der Waals surface area contributed by atoms with E-state index in [-0.39, 0.29) is 10.0 Å². The van der Waals surface area contributed by atoms with Gasteiger partial charge in [0.2, 0.25) is 0 Å². The lowest BCUT2D eigenvalue weighted by atomic mass is 10.2. The first-order valence-electron chi connectivity index (χ1n) is 5.81. The van der Waals surface area contributed by atoms with Crippen LogP contribution in [0.3, 0.4) is 0 Å². The molecule has 0 fully saturated rings. The highest BCUT2D eigenvalue weighted by atomic mass is 79.9. The van der Waals surface area contributed by atoms with Crippen LogP contribution in [0.1, 0.15) is 22.5 Å². The van der Waals surface area contributed by atoms with E-state index in [0.29, 0.717) is 10.1 Å². The monoisotopic (exact) mass is 351 g/mol. The maximum absolute atomic E-state index is 14.1. The average molecular weight is 352 g/mol. The third kappa shape index (κ3) is 2.84. The van der Waals surface area contributed by atoms with Crippen molar-refractivity contribution in [3.8, 4) is 6.07 Å². The molecule has 1 aromatic carbocycles. The van der Waals surface area contributed by atoms with Gasteiger partial charge in [-0.25, -0.2) is 14.4 Å². The van der Waals surface area contributed by atoms with E-state index in [0.717, 1.165) is 28.7 Å². The number of halogens is 2. The van der Waals surface area contributed by atoms with Gasteiger partial charge in [0.1, 0.15) is 6.07 Å². The summed E-state index contributed by atoms with van der Waals surface area (Å²) in [5.41, 5.74) is 3.07. The van der Waals surface area contributed by atoms with Gasteiger partial charge in [0.15, 0.2) is 11.0 Å². The Morgan fingerprint density at radius 1 is 1.20 bits per heavy atom. The van der Waals surface area contributed by atoms with Crippen molar-refractivity contribution in [2.75, 3.05) is 0 Å². The molecule has 0 N–H and O–H groups in total. The average Bonchev–Trinajstić information content (AvgIpc) is 2.41. The first kappa shape index (κ1) is 14.9. The summed E-state index contributed by atoms with van der Waals surface area (Å²) in [6, 6.07) is 5.06. The Kier molecular flexibility index (Phi) is 4.41. The molecule has 0 atom stereocenters. The molecule has 2 rings (SSSR count). The van der Waals surface area contributed by atoms with E-state index in [1.54, 1.807) is 12.1 Å². The fourth-order valence-electron chi connectivity index (χ4n) is 1.58. The maximum Gasteiger partial charge on any atom is 0.192 e. The largest absolute Gasteiger partial charge is 0.227 e. The first-order chi connectivity index (χ1) is 9.43. The number of nitrogens with zero attached hydrogens (tertiary/aromatic N) is 3. The molecule has 102 valence electrons. The molecule has 0 unspecified atom stereocenters. The van der Waals surface area contributed by atoms with Crippen molar-refractivity contribution in [1.82, 2.24) is 9.97 Å². The second-order valence-electron chi connectivity index (χ2n) is 4.26. The zero-order chi connectivity index (χ0) is 14.9. The molecular formula is C14H11BrFN3S. The van der Waals surface area contributed by atoms with Gasteiger partial charge in [-0.15, -0.1) is 0 Å². The normalized spacial score (nSPS) is 10.4. The van der Waals surface area contributed by atoms with E-state index in [1.807, 2.05) is 26.8 Å². The Bertz CT molecular complexity index is 702. The number of hydrogen-bond donors (Lipinski definition) is 0. The third-order valence-electron chi connectivity index (χ3n) is 2.98. The quantitative estimate of drug-likeness (QED) is 0.755. The van der Waals surface area contributed by atoms with Crippen LogP contribution in [0.2, 0.25) is 0 Å². The van der Waals surface area contributed by atoms with E-state index in [2.05, 4.69) is 25.9 Å². The van der Waals surface area contributed by atoms with Crippen molar-refractivity contribution >= 4 is 27.7 Å². The van der Waals surface area contributed by atoms with Crippen LogP contribution in [-0.2, 0) is 0 Å². The molecule has 0 bridgehead atoms. The number of hydrogen-bond acceptors (Lipinski definition) is 4. The molecule has 2 aromatic rings. The number of rotatable bonds is 2. The molecule has 1 heterocycles. The predicted molar refractivity (Wildman–Crippen MR) is 79.2 cm³/mol. The molecule has 0 aliphatic carbocycles. The molecule has 0 saturated heterocycles. The molecule has 0 radical (unpaired) electrons. The highest BCUT2D eigenvalue weighted by Crippen LogP contribution is 2.33. The highest BCUT2D eigenvalue weighted by molar-refractivity contribution is 9.10. The zero-order valence-corrected chi connectivity index (χ0v) is 13.6. The van der Waals surface area contributed by atoms with Crippen LogP contribution in [0.5, 0.6) is 0 Å². The van der Waals surface area contributed by atoms with Gasteiger partial charge in [-0.2, -0.15) is 5.26 Å². The Morgan fingerprint density at radius 3 is 2.35 bits per heavy atom. The molecule has 1 aromatic heterocycles. The Hall–Kier alpha value is -1.45. The van der Waals surface area contributed by atoms with Crippen molar-refractivity contribution in [2.24, 2.45) is 0 Å². The van der Waals surface area contributed by atoms with Gasteiger partial charge in [0.25, 0.3) is 0 Å². The summed E-state index contributed by atoms with van der Waals surface area (Å²) < 4.78 is 14.3. The summed E-state index contributed by atoms with van der Waals surface area (Å²) in [4.78, 5) is 9.08. The van der Waals surface area contributed by atoms with E-state index < -0.39 is 5.82 Å². The van der Waals surface area contributed by atoms with Gasteiger partial charge in [-0.05, 0) is 66.2 Å². The molecule has 0 amide bonds. The van der Waals surface area contributed by atoms with E-state index in [4.69, 9.17) is 5.26 Å². The van der Waals surface area contributed by atoms with Gasteiger partial charge in [-0.1, -0.05) is 0 Å². The third-order valence-corrected chi connectivity index (χ3v) is 4.66. The van der Waals surface area contributed by atoms with E-state index >= 15 is 0 Å². The van der Waals surface area contributed by atoms with Crippen molar-refractivity contribution in [3.05, 3.63) is 44.9 Å². The second-order valence-corrected chi connectivity index (χ2v) is 6.06. The van der Waals surface area contributed by atoms with Crippen molar-refractivity contribution < 1.29 is 4.39 Å². The summed E-state index contributed by atoms with van der Waals surface area (Å²) in [6.45, 7) is 5.76. The summed E-state index contributed by atoms with van der Waals surface area (Å²) >= 11 is 4.24. The summed E-state index contributed by atoms with van der Waals surface area (Å²) in [7, 11) is 0. The molecule has 0 spiro atoms. The minimum absolute atomic E-state index is 0.172. The maximum atomic E-state index is 14.1. The standard InChI is InChI=1S/C14H11BrFN3S/c1-7-8(2)18-14(19-9(7)3)20-11-5-4-10(6-17)12(15)13(11)16/h4-5H,1-3H3. The van der Waals surface area contributed by atoms with Gasteiger partial charge in [-0.3, -0.25) is 0 Å². The van der Waals surface area contributed by atoms with Gasteiger partial charge < -0.3 is 0 Å². The van der Waals surface area contributed by atoms with Crippen LogP contribution in [0, 0.1) is 37.9 Å². The smallest absolute Gasteiger partial charge is 0.192 e. The SMILES string of the molecule is Cc1nc(Sc2ccc(C#N)c(Br)c2F)nc(C)c1C. The minimum Gasteiger partial charge on any atom is -0.227 e. The Morgan fingerprint density at radius 2 is 1.80 bits per heavy atom. The zero-order valence-electron chi connectivity index (χ0n) is 11.2. The second kappa shape index (κ2) is 5.90. The van der Waals surface area contributed by atoms with Crippen LogP contribution < -0.4 is 0 Å². The summed E-state index contributed by atoms with van der Waals surface area (Å²) in [5, 5.41) is 9.35. The number of benzene rings is 1. The molecule has 0 saturated carbocycles. The van der Waals surface area contributed by atoms with Crippen LogP contribution in [0.25, 0.3) is 0 Å². The number of aryl methyl sites for hydroxylation is 2. The van der Waals surface area contributed by atoms with Crippen LogP contribution in [-0.4, -0.2) is 9.97 Å². The lowest BCUT2D eigenvalue weighted by Crippen LogP contribution is -1.98. The number of aromatic nitrogens is 2. The lowest BCUT2D eigenvalue weighted by Gasteiger charge is -2.08. The van der Waals surface area contributed by atoms with Crippen molar-refractivity contribution in [2.45, 2.75) is 30.8 Å². The molecule has 3 nitrogen and oxygen atoms in total. The van der Waals surface area contributed by atoms with Gasteiger partial charge in [0.05, 0.1) is 14.9 Å². The lowest BCUT2D eigenvalue weighted by molar-refractivity contribution is 0.594. The van der Waals surface area contributed by atoms with Crippen molar-refractivity contribution in [3.63, 3.8) is 0 Å².